The first-order valence-corrected chi connectivity index (χ1v) is 10.4. The first-order chi connectivity index (χ1) is 13.5. The van der Waals surface area contributed by atoms with E-state index in [1.807, 2.05) is 37.3 Å². The molecule has 0 fully saturated rings. The zero-order valence-corrected chi connectivity index (χ0v) is 17.9. The van der Waals surface area contributed by atoms with Crippen molar-refractivity contribution in [3.63, 3.8) is 0 Å². The molecule has 148 valence electrons. The van der Waals surface area contributed by atoms with Gasteiger partial charge < -0.3 is 14.0 Å². The summed E-state index contributed by atoms with van der Waals surface area (Å²) in [6, 6.07) is 14.2. The number of aromatic nitrogens is 3. The number of hydrogen-bond acceptors (Lipinski definition) is 5. The van der Waals surface area contributed by atoms with Crippen molar-refractivity contribution in [2.45, 2.75) is 51.3 Å². The zero-order chi connectivity index (χ0) is 20.1. The maximum Gasteiger partial charge on any atom is 0.191 e. The smallest absolute Gasteiger partial charge is 0.191 e. The van der Waals surface area contributed by atoms with Crippen LogP contribution < -0.4 is 9.47 Å². The molecule has 28 heavy (non-hydrogen) atoms. The Morgan fingerprint density at radius 3 is 2.64 bits per heavy atom. The van der Waals surface area contributed by atoms with Crippen LogP contribution in [-0.4, -0.2) is 21.9 Å². The Balaban J connectivity index is 1.74. The Kier molecular flexibility index (Phi) is 6.62. The number of rotatable bonds is 8. The highest BCUT2D eigenvalue weighted by Crippen LogP contribution is 2.29. The molecule has 0 aliphatic heterocycles. The summed E-state index contributed by atoms with van der Waals surface area (Å²) in [6.07, 6.45) is -0.181. The number of hydrogen-bond donors (Lipinski definition) is 0. The molecule has 0 spiro atoms. The molecule has 0 aliphatic rings. The van der Waals surface area contributed by atoms with Gasteiger partial charge in [-0.25, -0.2) is 0 Å². The van der Waals surface area contributed by atoms with Gasteiger partial charge in [0.1, 0.15) is 11.5 Å². The van der Waals surface area contributed by atoms with Crippen molar-refractivity contribution >= 4 is 11.8 Å². The molecule has 0 bridgehead atoms. The van der Waals surface area contributed by atoms with Crippen LogP contribution in [0.25, 0.3) is 0 Å². The van der Waals surface area contributed by atoms with Crippen LogP contribution in [0.1, 0.15) is 42.5 Å². The molecular formula is C22H27N3O2S. The molecule has 3 rings (SSSR count). The zero-order valence-electron chi connectivity index (χ0n) is 17.1. The summed E-state index contributed by atoms with van der Waals surface area (Å²) in [5.41, 5.74) is 3.57. The first-order valence-electron chi connectivity index (χ1n) is 9.45. The van der Waals surface area contributed by atoms with E-state index in [0.717, 1.165) is 40.3 Å². The van der Waals surface area contributed by atoms with Gasteiger partial charge in [-0.15, -0.1) is 10.2 Å². The Morgan fingerprint density at radius 1 is 1.11 bits per heavy atom. The summed E-state index contributed by atoms with van der Waals surface area (Å²) >= 11 is 1.67. The summed E-state index contributed by atoms with van der Waals surface area (Å²) < 4.78 is 13.6. The fourth-order valence-corrected chi connectivity index (χ4v) is 3.96. The molecule has 0 amide bonds. The van der Waals surface area contributed by atoms with Crippen molar-refractivity contribution in [1.82, 2.24) is 14.8 Å². The van der Waals surface area contributed by atoms with Crippen LogP contribution >= 0.6 is 11.8 Å². The molecule has 3 aromatic rings. The van der Waals surface area contributed by atoms with E-state index in [-0.39, 0.29) is 6.10 Å². The third-order valence-electron chi connectivity index (χ3n) is 4.79. The fourth-order valence-electron chi connectivity index (χ4n) is 3.01. The second kappa shape index (κ2) is 9.15. The molecule has 1 aromatic heterocycles. The Labute approximate surface area is 171 Å². The predicted octanol–water partition coefficient (Wildman–Crippen LogP) is 5.36. The topological polar surface area (TPSA) is 49.2 Å². The van der Waals surface area contributed by atoms with Crippen LogP contribution in [0.15, 0.2) is 47.6 Å². The minimum atomic E-state index is -0.181. The monoisotopic (exact) mass is 397 g/mol. The fraction of sp³-hybridized carbons (Fsp3) is 0.364. The highest BCUT2D eigenvalue weighted by atomic mass is 32.2. The van der Waals surface area contributed by atoms with Gasteiger partial charge in [-0.05, 0) is 62.6 Å². The van der Waals surface area contributed by atoms with Crippen molar-refractivity contribution in [3.05, 3.63) is 65.0 Å². The lowest BCUT2D eigenvalue weighted by atomic mass is 10.1. The molecule has 0 aliphatic carbocycles. The van der Waals surface area contributed by atoms with Crippen LogP contribution in [0.5, 0.6) is 11.5 Å². The van der Waals surface area contributed by atoms with E-state index in [2.05, 4.69) is 47.7 Å². The average molecular weight is 398 g/mol. The van der Waals surface area contributed by atoms with E-state index in [1.165, 1.54) is 11.1 Å². The van der Waals surface area contributed by atoms with Gasteiger partial charge in [-0.1, -0.05) is 36.0 Å². The molecule has 0 saturated carbocycles. The summed E-state index contributed by atoms with van der Waals surface area (Å²) in [6.45, 7) is 9.09. The summed E-state index contributed by atoms with van der Waals surface area (Å²) in [4.78, 5) is 0. The van der Waals surface area contributed by atoms with E-state index in [9.17, 15) is 0 Å². The number of nitrogens with zero attached hydrogens (tertiary/aromatic N) is 3. The lowest BCUT2D eigenvalue weighted by Gasteiger charge is -2.17. The van der Waals surface area contributed by atoms with Crippen molar-refractivity contribution in [3.8, 4) is 11.5 Å². The molecule has 5 nitrogen and oxygen atoms in total. The van der Waals surface area contributed by atoms with E-state index in [4.69, 9.17) is 9.47 Å². The van der Waals surface area contributed by atoms with Crippen LogP contribution in [0, 0.1) is 13.8 Å². The number of benzene rings is 2. The van der Waals surface area contributed by atoms with Crippen LogP contribution in [0.2, 0.25) is 0 Å². The van der Waals surface area contributed by atoms with Gasteiger partial charge in [-0.2, -0.15) is 0 Å². The summed E-state index contributed by atoms with van der Waals surface area (Å²) in [5.74, 6) is 3.41. The van der Waals surface area contributed by atoms with Crippen molar-refractivity contribution in [2.24, 2.45) is 0 Å². The van der Waals surface area contributed by atoms with Crippen LogP contribution in [0.3, 0.4) is 0 Å². The lowest BCUT2D eigenvalue weighted by molar-refractivity contribution is 0.208. The van der Waals surface area contributed by atoms with Crippen LogP contribution in [-0.2, 0) is 12.3 Å². The minimum Gasteiger partial charge on any atom is -0.497 e. The van der Waals surface area contributed by atoms with Crippen LogP contribution in [0.4, 0.5) is 0 Å². The van der Waals surface area contributed by atoms with Gasteiger partial charge in [0.2, 0.25) is 0 Å². The number of thioether (sulfide) groups is 1. The number of ether oxygens (including phenoxy) is 2. The molecule has 1 atom stereocenters. The van der Waals surface area contributed by atoms with Gasteiger partial charge in [0, 0.05) is 12.3 Å². The molecule has 6 heteroatoms. The maximum atomic E-state index is 6.21. The SMILES string of the molecule is CCn1c(SCc2cccc(OC)c2)nnc1C(C)Oc1cccc(C)c1C. The van der Waals surface area contributed by atoms with E-state index >= 15 is 0 Å². The second-order valence-corrected chi connectivity index (χ2v) is 7.63. The third-order valence-corrected chi connectivity index (χ3v) is 5.82. The van der Waals surface area contributed by atoms with E-state index < -0.39 is 0 Å². The van der Waals surface area contributed by atoms with Gasteiger partial charge in [0.25, 0.3) is 0 Å². The summed E-state index contributed by atoms with van der Waals surface area (Å²) in [7, 11) is 1.68. The molecule has 2 aromatic carbocycles. The van der Waals surface area contributed by atoms with E-state index in [0.29, 0.717) is 0 Å². The highest BCUT2D eigenvalue weighted by molar-refractivity contribution is 7.98. The molecule has 0 N–H and O–H groups in total. The van der Waals surface area contributed by atoms with Crippen molar-refractivity contribution < 1.29 is 9.47 Å². The highest BCUT2D eigenvalue weighted by Gasteiger charge is 2.19. The largest absolute Gasteiger partial charge is 0.497 e. The normalized spacial score (nSPS) is 12.0. The van der Waals surface area contributed by atoms with Gasteiger partial charge >= 0.3 is 0 Å². The maximum absolute atomic E-state index is 6.21. The Morgan fingerprint density at radius 2 is 1.89 bits per heavy atom. The molecule has 1 heterocycles. The first kappa shape index (κ1) is 20.3. The quantitative estimate of drug-likeness (QED) is 0.479. The average Bonchev–Trinajstić information content (AvgIpc) is 3.13. The molecule has 1 unspecified atom stereocenters. The van der Waals surface area contributed by atoms with Crippen molar-refractivity contribution in [2.75, 3.05) is 7.11 Å². The van der Waals surface area contributed by atoms with Gasteiger partial charge in [0.15, 0.2) is 17.1 Å². The second-order valence-electron chi connectivity index (χ2n) is 6.68. The predicted molar refractivity (Wildman–Crippen MR) is 113 cm³/mol. The minimum absolute atomic E-state index is 0.181. The van der Waals surface area contributed by atoms with Crippen molar-refractivity contribution in [1.29, 1.82) is 0 Å². The number of aryl methyl sites for hydroxylation is 1. The van der Waals surface area contributed by atoms with Gasteiger partial charge in [-0.3, -0.25) is 0 Å². The molecule has 0 radical (unpaired) electrons. The lowest BCUT2D eigenvalue weighted by Crippen LogP contribution is -2.12. The number of methoxy groups -OCH3 is 1. The van der Waals surface area contributed by atoms with E-state index in [1.54, 1.807) is 18.9 Å². The standard InChI is InChI=1S/C22H27N3O2S/c1-6-25-21(17(4)27-20-12-7-9-15(2)16(20)3)23-24-22(25)28-14-18-10-8-11-19(13-18)26-5/h7-13,17H,6,14H2,1-5H3. The Hall–Kier alpha value is -2.47. The molecular weight excluding hydrogens is 370 g/mol. The molecule has 0 saturated heterocycles. The summed E-state index contributed by atoms with van der Waals surface area (Å²) in [5, 5.41) is 9.74. The van der Waals surface area contributed by atoms with Gasteiger partial charge in [0.05, 0.1) is 7.11 Å². The Bertz CT molecular complexity index is 939. The third kappa shape index (κ3) is 4.50.